The molecule has 0 radical (unpaired) electrons. The molecule has 0 amide bonds. The molecule has 0 spiro atoms. The first kappa shape index (κ1) is 20.3. The summed E-state index contributed by atoms with van der Waals surface area (Å²) < 4.78 is 5.56. The van der Waals surface area contributed by atoms with Gasteiger partial charge in [-0.2, -0.15) is 4.98 Å². The third kappa shape index (κ3) is 5.08. The lowest BCUT2D eigenvalue weighted by Crippen LogP contribution is -2.49. The molecular weight excluding hydrogens is 362 g/mol. The predicted octanol–water partition coefficient (Wildman–Crippen LogP) is 2.84. The minimum atomic E-state index is 0. The average Bonchev–Trinajstić information content (AvgIpc) is 3.20. The Morgan fingerprint density at radius 1 is 1.11 bits per heavy atom. The maximum Gasteiger partial charge on any atom is 0.244 e. The molecule has 2 aromatic rings. The van der Waals surface area contributed by atoms with Crippen molar-refractivity contribution < 1.29 is 4.52 Å². The van der Waals surface area contributed by atoms with E-state index in [1.807, 2.05) is 30.3 Å². The Balaban J connectivity index is 0.00000210. The Morgan fingerprint density at radius 2 is 1.81 bits per heavy atom. The highest BCUT2D eigenvalue weighted by Gasteiger charge is 2.27. The van der Waals surface area contributed by atoms with Gasteiger partial charge in [-0.1, -0.05) is 35.5 Å². The summed E-state index contributed by atoms with van der Waals surface area (Å²) in [6, 6.07) is 10.2. The van der Waals surface area contributed by atoms with Crippen LogP contribution in [0.5, 0.6) is 0 Å². The van der Waals surface area contributed by atoms with E-state index in [2.05, 4.69) is 32.2 Å². The maximum atomic E-state index is 5.56. The highest BCUT2D eigenvalue weighted by atomic mass is 35.5. The molecule has 2 fully saturated rings. The zero-order valence-corrected chi connectivity index (χ0v) is 16.8. The van der Waals surface area contributed by atoms with Crippen molar-refractivity contribution in [2.45, 2.75) is 25.8 Å². The van der Waals surface area contributed by atoms with Gasteiger partial charge in [0.25, 0.3) is 0 Å². The standard InChI is InChI=1S/C20H29N5O.ClH/c1-16(20-22-19(23-26-20)18-5-3-2-4-6-18)25-13-11-24(12-14-25)15-17-7-9-21-10-8-17;/h2-6,16-17,21H,7-15H2,1H3;1H. The summed E-state index contributed by atoms with van der Waals surface area (Å²) in [4.78, 5) is 9.72. The van der Waals surface area contributed by atoms with Crippen molar-refractivity contribution in [3.8, 4) is 11.4 Å². The summed E-state index contributed by atoms with van der Waals surface area (Å²) in [7, 11) is 0. The number of benzene rings is 1. The minimum absolute atomic E-state index is 0. The SMILES string of the molecule is CC(c1nc(-c2ccccc2)no1)N1CCN(CC2CCNCC2)CC1.Cl. The van der Waals surface area contributed by atoms with Gasteiger partial charge >= 0.3 is 0 Å². The Kier molecular flexibility index (Phi) is 7.24. The largest absolute Gasteiger partial charge is 0.337 e. The van der Waals surface area contributed by atoms with E-state index in [0.29, 0.717) is 5.82 Å². The molecule has 1 aromatic heterocycles. The van der Waals surface area contributed by atoms with Crippen molar-refractivity contribution in [2.75, 3.05) is 45.8 Å². The number of piperidine rings is 1. The van der Waals surface area contributed by atoms with Crippen LogP contribution in [0.25, 0.3) is 11.4 Å². The summed E-state index contributed by atoms with van der Waals surface area (Å²) in [5.74, 6) is 2.26. The van der Waals surface area contributed by atoms with E-state index in [-0.39, 0.29) is 18.4 Å². The van der Waals surface area contributed by atoms with Crippen molar-refractivity contribution in [1.29, 1.82) is 0 Å². The van der Waals surface area contributed by atoms with Gasteiger partial charge in [-0.3, -0.25) is 4.90 Å². The van der Waals surface area contributed by atoms with E-state index in [9.17, 15) is 0 Å². The minimum Gasteiger partial charge on any atom is -0.337 e. The summed E-state index contributed by atoms with van der Waals surface area (Å²) in [5, 5.41) is 7.62. The smallest absolute Gasteiger partial charge is 0.244 e. The van der Waals surface area contributed by atoms with Gasteiger partial charge in [-0.15, -0.1) is 12.4 Å². The number of halogens is 1. The number of aromatic nitrogens is 2. The van der Waals surface area contributed by atoms with Gasteiger partial charge in [-0.05, 0) is 38.8 Å². The molecule has 27 heavy (non-hydrogen) atoms. The van der Waals surface area contributed by atoms with Gasteiger partial charge in [-0.25, -0.2) is 0 Å². The van der Waals surface area contributed by atoms with Crippen LogP contribution in [0.15, 0.2) is 34.9 Å². The number of hydrogen-bond donors (Lipinski definition) is 1. The van der Waals surface area contributed by atoms with Crippen molar-refractivity contribution >= 4 is 12.4 Å². The summed E-state index contributed by atoms with van der Waals surface area (Å²) >= 11 is 0. The number of rotatable bonds is 5. The van der Waals surface area contributed by atoms with Crippen molar-refractivity contribution in [1.82, 2.24) is 25.3 Å². The Morgan fingerprint density at radius 3 is 2.52 bits per heavy atom. The van der Waals surface area contributed by atoms with E-state index in [1.165, 1.54) is 32.5 Å². The molecule has 2 saturated heterocycles. The second kappa shape index (κ2) is 9.64. The molecule has 0 aliphatic carbocycles. The fourth-order valence-corrected chi connectivity index (χ4v) is 4.03. The third-order valence-electron chi connectivity index (χ3n) is 5.76. The first-order valence-corrected chi connectivity index (χ1v) is 9.86. The molecule has 0 saturated carbocycles. The zero-order valence-electron chi connectivity index (χ0n) is 16.0. The molecule has 2 aliphatic rings. The highest BCUT2D eigenvalue weighted by Crippen LogP contribution is 2.24. The van der Waals surface area contributed by atoms with E-state index < -0.39 is 0 Å². The van der Waals surface area contributed by atoms with Gasteiger partial charge < -0.3 is 14.7 Å². The van der Waals surface area contributed by atoms with E-state index in [4.69, 9.17) is 4.52 Å². The molecule has 2 aliphatic heterocycles. The fourth-order valence-electron chi connectivity index (χ4n) is 4.03. The molecule has 1 unspecified atom stereocenters. The lowest BCUT2D eigenvalue weighted by Gasteiger charge is -2.38. The molecule has 148 valence electrons. The monoisotopic (exact) mass is 391 g/mol. The number of hydrogen-bond acceptors (Lipinski definition) is 6. The Bertz CT molecular complexity index is 681. The first-order chi connectivity index (χ1) is 12.8. The molecule has 4 rings (SSSR count). The second-order valence-corrected chi connectivity index (χ2v) is 7.53. The Hall–Kier alpha value is -1.47. The van der Waals surface area contributed by atoms with Crippen LogP contribution in [0.3, 0.4) is 0 Å². The van der Waals surface area contributed by atoms with Crippen LogP contribution in [0.2, 0.25) is 0 Å². The first-order valence-electron chi connectivity index (χ1n) is 9.86. The van der Waals surface area contributed by atoms with Crippen LogP contribution in [0.4, 0.5) is 0 Å². The van der Waals surface area contributed by atoms with Crippen LogP contribution in [-0.2, 0) is 0 Å². The van der Waals surface area contributed by atoms with Gasteiger partial charge in [0.05, 0.1) is 6.04 Å². The quantitative estimate of drug-likeness (QED) is 0.845. The summed E-state index contributed by atoms with van der Waals surface area (Å²) in [6.07, 6.45) is 2.64. The molecule has 3 heterocycles. The lowest BCUT2D eigenvalue weighted by molar-refractivity contribution is 0.0757. The molecular formula is C20H30ClN5O. The molecule has 0 bridgehead atoms. The number of nitrogens with one attached hydrogen (secondary N) is 1. The second-order valence-electron chi connectivity index (χ2n) is 7.53. The molecule has 7 heteroatoms. The van der Waals surface area contributed by atoms with Crippen LogP contribution in [-0.4, -0.2) is 65.8 Å². The summed E-state index contributed by atoms with van der Waals surface area (Å²) in [6.45, 7) is 10.2. The third-order valence-corrected chi connectivity index (χ3v) is 5.76. The van der Waals surface area contributed by atoms with Crippen molar-refractivity contribution in [2.24, 2.45) is 5.92 Å². The molecule has 6 nitrogen and oxygen atoms in total. The fraction of sp³-hybridized carbons (Fsp3) is 0.600. The predicted molar refractivity (Wildman–Crippen MR) is 109 cm³/mol. The van der Waals surface area contributed by atoms with Crippen LogP contribution in [0.1, 0.15) is 31.7 Å². The van der Waals surface area contributed by atoms with Gasteiger partial charge in [0, 0.05) is 38.3 Å². The number of piperazine rings is 1. The van der Waals surface area contributed by atoms with E-state index in [1.54, 1.807) is 0 Å². The molecule has 1 N–H and O–H groups in total. The van der Waals surface area contributed by atoms with Gasteiger partial charge in [0.2, 0.25) is 11.7 Å². The van der Waals surface area contributed by atoms with Crippen molar-refractivity contribution in [3.05, 3.63) is 36.2 Å². The average molecular weight is 392 g/mol. The topological polar surface area (TPSA) is 57.4 Å². The van der Waals surface area contributed by atoms with Crippen LogP contribution >= 0.6 is 12.4 Å². The number of nitrogens with zero attached hydrogens (tertiary/aromatic N) is 4. The van der Waals surface area contributed by atoms with Crippen molar-refractivity contribution in [3.63, 3.8) is 0 Å². The highest BCUT2D eigenvalue weighted by molar-refractivity contribution is 5.85. The lowest BCUT2D eigenvalue weighted by atomic mass is 9.97. The van der Waals surface area contributed by atoms with E-state index in [0.717, 1.165) is 43.6 Å². The maximum absolute atomic E-state index is 5.56. The normalized spacial score (nSPS) is 20.9. The Labute approximate surface area is 167 Å². The van der Waals surface area contributed by atoms with Gasteiger partial charge in [0.15, 0.2) is 0 Å². The molecule has 1 atom stereocenters. The van der Waals surface area contributed by atoms with Crippen LogP contribution < -0.4 is 5.32 Å². The zero-order chi connectivity index (χ0) is 17.8. The van der Waals surface area contributed by atoms with Crippen LogP contribution in [0, 0.1) is 5.92 Å². The van der Waals surface area contributed by atoms with Gasteiger partial charge in [0.1, 0.15) is 0 Å². The van der Waals surface area contributed by atoms with E-state index >= 15 is 0 Å². The summed E-state index contributed by atoms with van der Waals surface area (Å²) in [5.41, 5.74) is 1.00. The molecule has 1 aromatic carbocycles.